The lowest BCUT2D eigenvalue weighted by atomic mass is 10.0. The smallest absolute Gasteiger partial charge is 0.306 e. The molecule has 62 heavy (non-hydrogen) atoms. The summed E-state index contributed by atoms with van der Waals surface area (Å²) in [7, 11) is 5.41. The molecule has 0 aromatic rings. The quantitative estimate of drug-likeness (QED) is 0.0197. The van der Waals surface area contributed by atoms with E-state index in [-0.39, 0.29) is 42.7 Å². The van der Waals surface area contributed by atoms with Crippen LogP contribution in [-0.2, 0) is 28.6 Å². The number of allylic oxidation sites excluding steroid dienone is 8. The number of aliphatic carboxylic acids is 1. The van der Waals surface area contributed by atoms with Crippen molar-refractivity contribution in [1.29, 1.82) is 0 Å². The molecule has 0 saturated heterocycles. The second-order valence-corrected chi connectivity index (χ2v) is 18.4. The van der Waals surface area contributed by atoms with Gasteiger partial charge in [0.25, 0.3) is 0 Å². The molecule has 0 N–H and O–H groups in total. The van der Waals surface area contributed by atoms with Gasteiger partial charge in [0.2, 0.25) is 0 Å². The van der Waals surface area contributed by atoms with Crippen LogP contribution in [0.1, 0.15) is 226 Å². The van der Waals surface area contributed by atoms with E-state index in [9.17, 15) is 19.5 Å². The Morgan fingerprint density at radius 3 is 1.37 bits per heavy atom. The number of carbonyl (C=O) groups is 3. The van der Waals surface area contributed by atoms with Crippen molar-refractivity contribution in [3.8, 4) is 0 Å². The number of likely N-dealkylation sites (N-methyl/N-ethyl adjacent to an activating group) is 1. The highest BCUT2D eigenvalue weighted by Crippen LogP contribution is 2.15. The summed E-state index contributed by atoms with van der Waals surface area (Å²) in [6, 6.07) is -0.729. The standard InChI is InChI=1S/C54H97NO7/c1-6-8-10-12-14-16-18-20-22-23-24-25-26-27-28-29-31-33-35-37-39-41-43-45-53(57)62-50(48-60-47-46-51(54(58)59)55(3,4)5)49-61-52(56)44-42-40-38-36-34-32-30-21-19-17-15-13-11-9-7-2/h9,11,13,15,17,19,27-28,50-51H,6-8,10,12,14,16,18,20-26,29-49H2,1-5H3/b11-9+,15-13+,19-17+,28-27+. The lowest BCUT2D eigenvalue weighted by molar-refractivity contribution is -0.889. The van der Waals surface area contributed by atoms with Crippen molar-refractivity contribution >= 4 is 17.9 Å². The predicted octanol–water partition coefficient (Wildman–Crippen LogP) is 13.4. The first-order valence-electron chi connectivity index (χ1n) is 25.7. The fourth-order valence-corrected chi connectivity index (χ4v) is 7.54. The maximum absolute atomic E-state index is 12.8. The van der Waals surface area contributed by atoms with Gasteiger partial charge in [0, 0.05) is 19.3 Å². The van der Waals surface area contributed by atoms with Crippen LogP contribution >= 0.6 is 0 Å². The molecule has 8 nitrogen and oxygen atoms in total. The number of carboxylic acids is 1. The molecule has 0 aliphatic rings. The topological polar surface area (TPSA) is 102 Å². The van der Waals surface area contributed by atoms with Crippen LogP contribution in [0, 0.1) is 0 Å². The van der Waals surface area contributed by atoms with Crippen molar-refractivity contribution in [2.45, 2.75) is 238 Å². The Balaban J connectivity index is 4.22. The number of ether oxygens (including phenoxy) is 3. The zero-order chi connectivity index (χ0) is 45.6. The van der Waals surface area contributed by atoms with Gasteiger partial charge in [-0.1, -0.05) is 197 Å². The molecule has 0 saturated carbocycles. The van der Waals surface area contributed by atoms with E-state index in [0.717, 1.165) is 51.4 Å². The molecule has 0 bridgehead atoms. The van der Waals surface area contributed by atoms with Crippen molar-refractivity contribution in [2.75, 3.05) is 41.0 Å². The van der Waals surface area contributed by atoms with E-state index in [0.29, 0.717) is 12.8 Å². The van der Waals surface area contributed by atoms with Crippen LogP contribution in [0.3, 0.4) is 0 Å². The second kappa shape index (κ2) is 44.9. The molecule has 8 heteroatoms. The molecule has 0 fully saturated rings. The van der Waals surface area contributed by atoms with Gasteiger partial charge in [0.1, 0.15) is 12.6 Å². The Bertz CT molecular complexity index is 1150. The molecule has 0 aliphatic carbocycles. The number of nitrogens with zero attached hydrogens (tertiary/aromatic N) is 1. The molecule has 0 amide bonds. The molecule has 0 rings (SSSR count). The first-order chi connectivity index (χ1) is 30.1. The monoisotopic (exact) mass is 872 g/mol. The van der Waals surface area contributed by atoms with E-state index in [1.165, 1.54) is 141 Å². The summed E-state index contributed by atoms with van der Waals surface area (Å²) in [4.78, 5) is 37.0. The summed E-state index contributed by atoms with van der Waals surface area (Å²) >= 11 is 0. The number of quaternary nitrogens is 1. The first-order valence-corrected chi connectivity index (χ1v) is 25.7. The lowest BCUT2D eigenvalue weighted by Crippen LogP contribution is -2.55. The highest BCUT2D eigenvalue weighted by Gasteiger charge is 2.25. The number of carboxylic acid groups (broad SMARTS) is 1. The third-order valence-corrected chi connectivity index (χ3v) is 11.5. The summed E-state index contributed by atoms with van der Waals surface area (Å²) in [5, 5.41) is 11.7. The number of esters is 2. The molecule has 0 aromatic carbocycles. The Labute approximate surface area is 382 Å². The third-order valence-electron chi connectivity index (χ3n) is 11.5. The molecule has 0 aromatic heterocycles. The van der Waals surface area contributed by atoms with Gasteiger partial charge in [-0.25, -0.2) is 0 Å². The molecular formula is C54H97NO7. The minimum atomic E-state index is -1.13. The van der Waals surface area contributed by atoms with E-state index in [4.69, 9.17) is 14.2 Å². The largest absolute Gasteiger partial charge is 0.544 e. The van der Waals surface area contributed by atoms with E-state index >= 15 is 0 Å². The maximum Gasteiger partial charge on any atom is 0.306 e. The summed E-state index contributed by atoms with van der Waals surface area (Å²) in [6.07, 6.45) is 54.3. The lowest BCUT2D eigenvalue weighted by Gasteiger charge is -2.34. The number of rotatable bonds is 46. The van der Waals surface area contributed by atoms with Crippen LogP contribution in [0.2, 0.25) is 0 Å². The van der Waals surface area contributed by atoms with Crippen molar-refractivity contribution in [3.05, 3.63) is 48.6 Å². The van der Waals surface area contributed by atoms with E-state index in [1.807, 2.05) is 0 Å². The minimum absolute atomic E-state index is 0.0350. The molecule has 0 radical (unpaired) electrons. The Hall–Kier alpha value is -2.71. The van der Waals surface area contributed by atoms with E-state index < -0.39 is 18.1 Å². The van der Waals surface area contributed by atoms with Crippen LogP contribution < -0.4 is 5.11 Å². The van der Waals surface area contributed by atoms with Crippen molar-refractivity contribution in [3.63, 3.8) is 0 Å². The van der Waals surface area contributed by atoms with Gasteiger partial charge in [0.05, 0.1) is 40.3 Å². The highest BCUT2D eigenvalue weighted by molar-refractivity contribution is 5.70. The molecular weight excluding hydrogens is 775 g/mol. The second-order valence-electron chi connectivity index (χ2n) is 18.4. The average molecular weight is 872 g/mol. The Morgan fingerprint density at radius 2 is 0.919 bits per heavy atom. The van der Waals surface area contributed by atoms with Crippen LogP contribution in [0.4, 0.5) is 0 Å². The summed E-state index contributed by atoms with van der Waals surface area (Å²) < 4.78 is 17.2. The number of carbonyl (C=O) groups excluding carboxylic acids is 3. The molecule has 0 aliphatic heterocycles. The Morgan fingerprint density at radius 1 is 0.500 bits per heavy atom. The van der Waals surface area contributed by atoms with Gasteiger partial charge in [-0.2, -0.15) is 0 Å². The zero-order valence-electron chi connectivity index (χ0n) is 41.0. The van der Waals surface area contributed by atoms with Gasteiger partial charge in [-0.05, 0) is 57.8 Å². The van der Waals surface area contributed by atoms with Crippen LogP contribution in [-0.4, -0.2) is 75.5 Å². The van der Waals surface area contributed by atoms with Crippen LogP contribution in [0.15, 0.2) is 48.6 Å². The van der Waals surface area contributed by atoms with Gasteiger partial charge in [-0.15, -0.1) is 0 Å². The number of hydrogen-bond acceptors (Lipinski definition) is 7. The predicted molar refractivity (Wildman–Crippen MR) is 259 cm³/mol. The van der Waals surface area contributed by atoms with Crippen LogP contribution in [0.5, 0.6) is 0 Å². The van der Waals surface area contributed by atoms with E-state index in [2.05, 4.69) is 62.5 Å². The fourth-order valence-electron chi connectivity index (χ4n) is 7.54. The maximum atomic E-state index is 12.8. The zero-order valence-corrected chi connectivity index (χ0v) is 41.0. The summed E-state index contributed by atoms with van der Waals surface area (Å²) in [5.41, 5.74) is 0. The summed E-state index contributed by atoms with van der Waals surface area (Å²) in [5.74, 6) is -1.75. The van der Waals surface area contributed by atoms with Gasteiger partial charge in [-0.3, -0.25) is 9.59 Å². The molecule has 2 unspecified atom stereocenters. The highest BCUT2D eigenvalue weighted by atomic mass is 16.6. The molecule has 0 heterocycles. The van der Waals surface area contributed by atoms with Gasteiger partial charge < -0.3 is 28.6 Å². The summed E-state index contributed by atoms with van der Waals surface area (Å²) in [6.45, 7) is 4.54. The normalized spacial score (nSPS) is 13.2. The van der Waals surface area contributed by atoms with Gasteiger partial charge >= 0.3 is 11.9 Å². The van der Waals surface area contributed by atoms with Crippen molar-refractivity contribution < 1.29 is 38.2 Å². The van der Waals surface area contributed by atoms with Crippen molar-refractivity contribution in [2.24, 2.45) is 0 Å². The SMILES string of the molecule is CC/C=C/C=C/C=C/CCCCCCCCCC(=O)OCC(COCCC(C(=O)[O-])[N+](C)(C)C)OC(=O)CCCCCCCCC/C=C/CCCCCCCCCCCCCC. The number of unbranched alkanes of at least 4 members (excludes halogenated alkanes) is 26. The first kappa shape index (κ1) is 59.3. The fraction of sp³-hybridized carbons (Fsp3) is 0.796. The van der Waals surface area contributed by atoms with Crippen molar-refractivity contribution in [1.82, 2.24) is 0 Å². The van der Waals surface area contributed by atoms with Crippen LogP contribution in [0.25, 0.3) is 0 Å². The average Bonchev–Trinajstić information content (AvgIpc) is 3.23. The van der Waals surface area contributed by atoms with E-state index in [1.54, 1.807) is 21.1 Å². The minimum Gasteiger partial charge on any atom is -0.544 e. The Kier molecular flexibility index (Phi) is 42.9. The molecule has 360 valence electrons. The molecule has 2 atom stereocenters. The van der Waals surface area contributed by atoms with Gasteiger partial charge in [0.15, 0.2) is 6.10 Å². The number of hydrogen-bond donors (Lipinski definition) is 0. The molecule has 0 spiro atoms. The third kappa shape index (κ3) is 42.6.